The summed E-state index contributed by atoms with van der Waals surface area (Å²) in [5, 5.41) is 7.77. The number of carbonyl (C=O) groups is 2. The van der Waals surface area contributed by atoms with Crippen LogP contribution in [-0.2, 0) is 6.61 Å². The summed E-state index contributed by atoms with van der Waals surface area (Å²) in [5.41, 5.74) is 1.14. The number of halogens is 1. The van der Waals surface area contributed by atoms with Crippen molar-refractivity contribution < 1.29 is 23.1 Å². The number of hydrogen-bond donors (Lipinski definition) is 3. The van der Waals surface area contributed by atoms with Gasteiger partial charge in [0.15, 0.2) is 5.76 Å². The van der Waals surface area contributed by atoms with Crippen molar-refractivity contribution >= 4 is 23.3 Å². The van der Waals surface area contributed by atoms with E-state index < -0.39 is 5.91 Å². The van der Waals surface area contributed by atoms with E-state index in [2.05, 4.69) is 16.0 Å². The van der Waals surface area contributed by atoms with Crippen molar-refractivity contribution in [2.45, 2.75) is 6.61 Å². The summed E-state index contributed by atoms with van der Waals surface area (Å²) in [4.78, 5) is 23.5. The third kappa shape index (κ3) is 5.10. The first-order valence-electron chi connectivity index (χ1n) is 8.41. The van der Waals surface area contributed by atoms with Crippen LogP contribution >= 0.6 is 0 Å². The van der Waals surface area contributed by atoms with Crippen LogP contribution in [0, 0.1) is 5.82 Å². The van der Waals surface area contributed by atoms with Crippen LogP contribution in [-0.4, -0.2) is 19.0 Å². The molecule has 8 heteroatoms. The maximum absolute atomic E-state index is 12.9. The van der Waals surface area contributed by atoms with Crippen molar-refractivity contribution in [1.29, 1.82) is 0 Å². The van der Waals surface area contributed by atoms with Crippen LogP contribution in [0.3, 0.4) is 0 Å². The first-order valence-corrected chi connectivity index (χ1v) is 8.41. The molecule has 1 heterocycles. The number of benzene rings is 2. The number of anilines is 2. The number of urea groups is 1. The van der Waals surface area contributed by atoms with E-state index in [1.165, 1.54) is 31.3 Å². The summed E-state index contributed by atoms with van der Waals surface area (Å²) >= 11 is 0. The van der Waals surface area contributed by atoms with E-state index in [1.807, 2.05) is 0 Å². The Labute approximate surface area is 160 Å². The third-order valence-electron chi connectivity index (χ3n) is 3.71. The molecule has 0 unspecified atom stereocenters. The van der Waals surface area contributed by atoms with Gasteiger partial charge in [-0.3, -0.25) is 4.79 Å². The average Bonchev–Trinajstić information content (AvgIpc) is 3.18. The Hall–Kier alpha value is -3.81. The van der Waals surface area contributed by atoms with E-state index in [4.69, 9.17) is 9.15 Å². The maximum atomic E-state index is 12.9. The monoisotopic (exact) mass is 383 g/mol. The second-order valence-corrected chi connectivity index (χ2v) is 5.74. The van der Waals surface area contributed by atoms with Crippen molar-refractivity contribution in [3.8, 4) is 5.75 Å². The smallest absolute Gasteiger partial charge is 0.318 e. The van der Waals surface area contributed by atoms with Crippen molar-refractivity contribution in [2.24, 2.45) is 0 Å². The van der Waals surface area contributed by atoms with E-state index >= 15 is 0 Å². The zero-order valence-electron chi connectivity index (χ0n) is 15.0. The van der Waals surface area contributed by atoms with Crippen molar-refractivity contribution in [2.75, 3.05) is 17.7 Å². The Morgan fingerprint density at radius 3 is 2.21 bits per heavy atom. The van der Waals surface area contributed by atoms with Crippen molar-refractivity contribution in [1.82, 2.24) is 5.32 Å². The molecular weight excluding hydrogens is 365 g/mol. The first kappa shape index (κ1) is 19.0. The summed E-state index contributed by atoms with van der Waals surface area (Å²) in [6.45, 7) is 0.110. The molecule has 144 valence electrons. The van der Waals surface area contributed by atoms with E-state index in [-0.39, 0.29) is 24.2 Å². The Kier molecular flexibility index (Phi) is 5.91. The fourth-order valence-electron chi connectivity index (χ4n) is 2.29. The lowest BCUT2D eigenvalue weighted by Gasteiger charge is -2.07. The van der Waals surface area contributed by atoms with Crippen LogP contribution in [0.4, 0.5) is 20.6 Å². The molecule has 0 radical (unpaired) electrons. The number of hydrogen-bond acceptors (Lipinski definition) is 4. The molecule has 3 rings (SSSR count). The molecule has 1 aromatic heterocycles. The molecule has 0 saturated heterocycles. The quantitative estimate of drug-likeness (QED) is 0.600. The minimum atomic E-state index is -0.417. The number of ether oxygens (including phenoxy) is 1. The van der Waals surface area contributed by atoms with E-state index in [9.17, 15) is 14.0 Å². The van der Waals surface area contributed by atoms with Crippen molar-refractivity contribution in [3.63, 3.8) is 0 Å². The molecule has 0 aliphatic rings. The molecule has 0 aliphatic carbocycles. The molecule has 0 bridgehead atoms. The predicted molar refractivity (Wildman–Crippen MR) is 102 cm³/mol. The van der Waals surface area contributed by atoms with E-state index in [0.717, 1.165) is 0 Å². The predicted octanol–water partition coefficient (Wildman–Crippen LogP) is 4.00. The lowest BCUT2D eigenvalue weighted by Crippen LogP contribution is -2.24. The number of rotatable bonds is 6. The fraction of sp³-hybridized carbons (Fsp3) is 0.100. The molecule has 0 aliphatic heterocycles. The van der Waals surface area contributed by atoms with Crippen LogP contribution in [0.2, 0.25) is 0 Å². The molecule has 0 atom stereocenters. The van der Waals surface area contributed by atoms with Gasteiger partial charge in [0.25, 0.3) is 5.91 Å². The third-order valence-corrected chi connectivity index (χ3v) is 3.71. The van der Waals surface area contributed by atoms with Crippen LogP contribution in [0.5, 0.6) is 5.75 Å². The molecular formula is C20H18FN3O4. The van der Waals surface area contributed by atoms with Gasteiger partial charge in [-0.25, -0.2) is 9.18 Å². The summed E-state index contributed by atoms with van der Waals surface area (Å²) < 4.78 is 23.8. The molecule has 0 saturated carbocycles. The Balaban J connectivity index is 1.55. The molecule has 0 spiro atoms. The van der Waals surface area contributed by atoms with Crippen LogP contribution in [0.15, 0.2) is 65.1 Å². The lowest BCUT2D eigenvalue weighted by molar-refractivity contribution is 0.0992. The van der Waals surface area contributed by atoms with Gasteiger partial charge in [-0.1, -0.05) is 0 Å². The van der Waals surface area contributed by atoms with Crippen LogP contribution in [0.1, 0.15) is 16.3 Å². The zero-order chi connectivity index (χ0) is 19.9. The maximum Gasteiger partial charge on any atom is 0.318 e. The number of carbonyl (C=O) groups excluding carboxylic acids is 2. The van der Waals surface area contributed by atoms with Gasteiger partial charge in [0.1, 0.15) is 23.9 Å². The van der Waals surface area contributed by atoms with Crippen LogP contribution in [0.25, 0.3) is 0 Å². The van der Waals surface area contributed by atoms with Gasteiger partial charge in [0, 0.05) is 18.4 Å². The normalized spacial score (nSPS) is 10.2. The van der Waals surface area contributed by atoms with Gasteiger partial charge >= 0.3 is 6.03 Å². The van der Waals surface area contributed by atoms with E-state index in [0.29, 0.717) is 22.9 Å². The largest absolute Gasteiger partial charge is 0.486 e. The first-order chi connectivity index (χ1) is 13.5. The Morgan fingerprint density at radius 2 is 1.57 bits per heavy atom. The Bertz CT molecular complexity index is 952. The number of amides is 3. The Morgan fingerprint density at radius 1 is 0.929 bits per heavy atom. The number of furan rings is 1. The summed E-state index contributed by atoms with van der Waals surface area (Å²) in [7, 11) is 1.52. The second kappa shape index (κ2) is 8.72. The number of nitrogens with one attached hydrogen (secondary N) is 3. The highest BCUT2D eigenvalue weighted by Gasteiger charge is 2.12. The molecule has 7 nitrogen and oxygen atoms in total. The van der Waals surface area contributed by atoms with Gasteiger partial charge in [0.2, 0.25) is 0 Å². The van der Waals surface area contributed by atoms with Crippen molar-refractivity contribution in [3.05, 3.63) is 78.0 Å². The minimum Gasteiger partial charge on any atom is -0.486 e. The van der Waals surface area contributed by atoms with Gasteiger partial charge in [-0.15, -0.1) is 0 Å². The van der Waals surface area contributed by atoms with E-state index in [1.54, 1.807) is 36.4 Å². The average molecular weight is 383 g/mol. The molecule has 0 fully saturated rings. The summed E-state index contributed by atoms with van der Waals surface area (Å²) in [6.07, 6.45) is 0. The minimum absolute atomic E-state index is 0.110. The topological polar surface area (TPSA) is 92.6 Å². The second-order valence-electron chi connectivity index (χ2n) is 5.74. The standard InChI is InChI=1S/C20H18FN3O4/c1-22-20(26)24-15-6-4-14(5-7-15)23-19(25)18-11-10-17(28-18)12-27-16-8-2-13(21)3-9-16/h2-11H,12H2,1H3,(H,23,25)(H2,22,24,26). The van der Waals surface area contributed by atoms with Gasteiger partial charge in [-0.05, 0) is 60.7 Å². The van der Waals surface area contributed by atoms with Crippen LogP contribution < -0.4 is 20.7 Å². The lowest BCUT2D eigenvalue weighted by atomic mass is 10.2. The van der Waals surface area contributed by atoms with Gasteiger partial charge in [-0.2, -0.15) is 0 Å². The van der Waals surface area contributed by atoms with Gasteiger partial charge < -0.3 is 25.1 Å². The molecule has 28 heavy (non-hydrogen) atoms. The summed E-state index contributed by atoms with van der Waals surface area (Å²) in [6, 6.07) is 15.1. The summed E-state index contributed by atoms with van der Waals surface area (Å²) in [5.74, 6) is 0.320. The fourth-order valence-corrected chi connectivity index (χ4v) is 2.29. The highest BCUT2D eigenvalue weighted by atomic mass is 19.1. The highest BCUT2D eigenvalue weighted by Crippen LogP contribution is 2.17. The molecule has 3 amide bonds. The molecule has 3 N–H and O–H groups in total. The molecule has 2 aromatic carbocycles. The van der Waals surface area contributed by atoms with Gasteiger partial charge in [0.05, 0.1) is 0 Å². The SMILES string of the molecule is CNC(=O)Nc1ccc(NC(=O)c2ccc(COc3ccc(F)cc3)o2)cc1. The molecule has 3 aromatic rings. The zero-order valence-corrected chi connectivity index (χ0v) is 15.0. The highest BCUT2D eigenvalue weighted by molar-refractivity contribution is 6.02.